The normalized spacial score (nSPS) is 10.4. The highest BCUT2D eigenvalue weighted by atomic mass is 35.5. The second-order valence-electron chi connectivity index (χ2n) is 8.11. The quantitative estimate of drug-likeness (QED) is 0.316. The molecule has 11 heteroatoms. The summed E-state index contributed by atoms with van der Waals surface area (Å²) in [4.78, 5) is 32.9. The van der Waals surface area contributed by atoms with E-state index < -0.39 is 0 Å². The first-order valence-electron chi connectivity index (χ1n) is 11.6. The molecule has 6 rings (SSSR count). The van der Waals surface area contributed by atoms with E-state index in [9.17, 15) is 0 Å². The lowest BCUT2D eigenvalue weighted by atomic mass is 10.0. The third-order valence-corrected chi connectivity index (χ3v) is 5.87. The smallest absolute Gasteiger partial charge is 0.142 e. The van der Waals surface area contributed by atoms with Crippen LogP contribution in [0.1, 0.15) is 0 Å². The number of nitrogens with zero attached hydrogens (tertiary/aromatic N) is 8. The van der Waals surface area contributed by atoms with Crippen LogP contribution in [0.15, 0.2) is 105 Å². The zero-order chi connectivity index (χ0) is 27.0. The van der Waals surface area contributed by atoms with Crippen molar-refractivity contribution in [3.8, 4) is 44.8 Å². The maximum atomic E-state index is 6.09. The highest BCUT2D eigenvalue weighted by Crippen LogP contribution is 2.34. The fourth-order valence-electron chi connectivity index (χ4n) is 3.78. The van der Waals surface area contributed by atoms with Crippen LogP contribution >= 0.6 is 11.6 Å². The fraction of sp³-hybridized carbons (Fsp3) is 0. The predicted molar refractivity (Wildman–Crippen MR) is 151 cm³/mol. The molecule has 0 saturated carbocycles. The van der Waals surface area contributed by atoms with Gasteiger partial charge in [-0.05, 0) is 53.6 Å². The van der Waals surface area contributed by atoms with Crippen molar-refractivity contribution < 1.29 is 0 Å². The van der Waals surface area contributed by atoms with Crippen LogP contribution in [-0.2, 0) is 0 Å². The minimum atomic E-state index is 0.281. The first-order chi connectivity index (χ1) is 19.1. The van der Waals surface area contributed by atoms with Crippen LogP contribution < -0.4 is 11.5 Å². The van der Waals surface area contributed by atoms with Crippen molar-refractivity contribution in [1.82, 2.24) is 39.9 Å². The van der Waals surface area contributed by atoms with Crippen LogP contribution in [0.3, 0.4) is 0 Å². The minimum Gasteiger partial charge on any atom is -0.384 e. The maximum Gasteiger partial charge on any atom is 0.142 e. The Morgan fingerprint density at radius 3 is 1.54 bits per heavy atom. The standard InChI is InChI=1S/C14H10ClN5.C14H11N5/c15-12-5-11(9-1-3-17-4-2-9)13(20-14(12)16)10-6-18-8-19-7-10;15-13-2-1-12(10-3-5-16-6-4-10)14(19-13)11-7-17-9-18-8-11/h1-8H,(H2,16,20);1-9H,(H2,15,19). The Morgan fingerprint density at radius 2 is 1.00 bits per heavy atom. The summed E-state index contributed by atoms with van der Waals surface area (Å²) in [5, 5.41) is 0.414. The summed E-state index contributed by atoms with van der Waals surface area (Å²) in [7, 11) is 0. The molecular formula is C28H21ClN10. The van der Waals surface area contributed by atoms with E-state index >= 15 is 0 Å². The molecule has 0 aliphatic carbocycles. The van der Waals surface area contributed by atoms with Crippen molar-refractivity contribution in [3.05, 3.63) is 110 Å². The number of rotatable bonds is 4. The summed E-state index contributed by atoms with van der Waals surface area (Å²) in [5.74, 6) is 0.750. The molecule has 0 fully saturated rings. The lowest BCUT2D eigenvalue weighted by Gasteiger charge is -2.10. The molecule has 0 aliphatic rings. The minimum absolute atomic E-state index is 0.281. The van der Waals surface area contributed by atoms with Gasteiger partial charge in [-0.3, -0.25) is 9.97 Å². The Bertz CT molecular complexity index is 1610. The molecule has 6 aromatic heterocycles. The molecule has 0 radical (unpaired) electrons. The summed E-state index contributed by atoms with van der Waals surface area (Å²) >= 11 is 6.09. The Hall–Kier alpha value is -5.35. The molecule has 6 aromatic rings. The summed E-state index contributed by atoms with van der Waals surface area (Å²) < 4.78 is 0. The van der Waals surface area contributed by atoms with E-state index in [1.807, 2.05) is 30.3 Å². The second kappa shape index (κ2) is 11.8. The van der Waals surface area contributed by atoms with Gasteiger partial charge >= 0.3 is 0 Å². The van der Waals surface area contributed by atoms with E-state index in [4.69, 9.17) is 23.1 Å². The summed E-state index contributed by atoms with van der Waals surface area (Å²) in [6.07, 6.45) is 16.7. The van der Waals surface area contributed by atoms with Gasteiger partial charge in [-0.25, -0.2) is 29.9 Å². The van der Waals surface area contributed by atoms with Crippen molar-refractivity contribution in [3.63, 3.8) is 0 Å². The first kappa shape index (κ1) is 25.3. The molecule has 0 amide bonds. The Balaban J connectivity index is 0.000000158. The van der Waals surface area contributed by atoms with Gasteiger partial charge in [0.05, 0.1) is 16.4 Å². The topological polar surface area (TPSA) is 155 Å². The van der Waals surface area contributed by atoms with Crippen molar-refractivity contribution in [2.24, 2.45) is 0 Å². The number of pyridine rings is 4. The SMILES string of the molecule is Nc1ccc(-c2ccncc2)c(-c2cncnc2)n1.Nc1nc(-c2cncnc2)c(-c2ccncc2)cc1Cl. The maximum absolute atomic E-state index is 6.09. The average Bonchev–Trinajstić information content (AvgIpc) is 3.00. The van der Waals surface area contributed by atoms with Crippen molar-refractivity contribution >= 4 is 23.2 Å². The highest BCUT2D eigenvalue weighted by Gasteiger charge is 2.13. The predicted octanol–water partition coefficient (Wildman–Crippen LogP) is 5.02. The zero-order valence-electron chi connectivity index (χ0n) is 20.4. The number of hydrogen-bond acceptors (Lipinski definition) is 10. The van der Waals surface area contributed by atoms with E-state index in [1.165, 1.54) is 12.7 Å². The van der Waals surface area contributed by atoms with Crippen molar-refractivity contribution in [2.75, 3.05) is 11.5 Å². The molecule has 0 aliphatic heterocycles. The van der Waals surface area contributed by atoms with Crippen LogP contribution in [0.2, 0.25) is 5.02 Å². The molecule has 10 nitrogen and oxygen atoms in total. The van der Waals surface area contributed by atoms with Gasteiger partial charge in [0, 0.05) is 71.8 Å². The molecule has 0 unspecified atom stereocenters. The van der Waals surface area contributed by atoms with Gasteiger partial charge in [0.1, 0.15) is 24.3 Å². The summed E-state index contributed by atoms with van der Waals surface area (Å²) in [5.41, 5.74) is 18.5. The van der Waals surface area contributed by atoms with Gasteiger partial charge in [-0.15, -0.1) is 0 Å². The molecule has 4 N–H and O–H groups in total. The summed E-state index contributed by atoms with van der Waals surface area (Å²) in [6, 6.07) is 13.2. The molecule has 6 heterocycles. The summed E-state index contributed by atoms with van der Waals surface area (Å²) in [6.45, 7) is 0. The lowest BCUT2D eigenvalue weighted by molar-refractivity contribution is 1.16. The van der Waals surface area contributed by atoms with Gasteiger partial charge in [-0.1, -0.05) is 11.6 Å². The molecular weight excluding hydrogens is 512 g/mol. The Labute approximate surface area is 228 Å². The highest BCUT2D eigenvalue weighted by molar-refractivity contribution is 6.33. The Morgan fingerprint density at radius 1 is 0.513 bits per heavy atom. The van der Waals surface area contributed by atoms with E-state index in [2.05, 4.69) is 39.9 Å². The first-order valence-corrected chi connectivity index (χ1v) is 12.0. The van der Waals surface area contributed by atoms with Crippen LogP contribution in [0.5, 0.6) is 0 Å². The average molecular weight is 533 g/mol. The van der Waals surface area contributed by atoms with Gasteiger partial charge in [0.2, 0.25) is 0 Å². The Kier molecular flexibility index (Phi) is 7.66. The van der Waals surface area contributed by atoms with E-state index in [-0.39, 0.29) is 5.82 Å². The van der Waals surface area contributed by atoms with Crippen molar-refractivity contribution in [2.45, 2.75) is 0 Å². The van der Waals surface area contributed by atoms with Gasteiger partial charge in [0.15, 0.2) is 0 Å². The van der Waals surface area contributed by atoms with E-state index in [0.29, 0.717) is 16.5 Å². The van der Waals surface area contributed by atoms with Gasteiger partial charge in [-0.2, -0.15) is 0 Å². The molecule has 39 heavy (non-hydrogen) atoms. The van der Waals surface area contributed by atoms with Gasteiger partial charge in [0.25, 0.3) is 0 Å². The van der Waals surface area contributed by atoms with Crippen LogP contribution in [0.4, 0.5) is 11.6 Å². The van der Waals surface area contributed by atoms with E-state index in [0.717, 1.165) is 39.1 Å². The molecule has 0 spiro atoms. The number of anilines is 2. The van der Waals surface area contributed by atoms with Crippen LogP contribution in [-0.4, -0.2) is 39.9 Å². The lowest BCUT2D eigenvalue weighted by Crippen LogP contribution is -1.97. The van der Waals surface area contributed by atoms with E-state index in [1.54, 1.807) is 61.7 Å². The molecule has 0 saturated heterocycles. The number of nitrogens with two attached hydrogens (primary N) is 2. The molecule has 0 atom stereocenters. The molecule has 0 aromatic carbocycles. The largest absolute Gasteiger partial charge is 0.384 e. The third-order valence-electron chi connectivity index (χ3n) is 5.57. The van der Waals surface area contributed by atoms with Crippen LogP contribution in [0, 0.1) is 0 Å². The number of aromatic nitrogens is 8. The zero-order valence-corrected chi connectivity index (χ0v) is 21.2. The number of nitrogen functional groups attached to an aromatic ring is 2. The second-order valence-corrected chi connectivity index (χ2v) is 8.52. The number of hydrogen-bond donors (Lipinski definition) is 2. The third kappa shape index (κ3) is 5.97. The number of halogens is 1. The van der Waals surface area contributed by atoms with Crippen LogP contribution in [0.25, 0.3) is 44.8 Å². The van der Waals surface area contributed by atoms with Crippen molar-refractivity contribution in [1.29, 1.82) is 0 Å². The monoisotopic (exact) mass is 532 g/mol. The van der Waals surface area contributed by atoms with Gasteiger partial charge < -0.3 is 11.5 Å². The molecule has 190 valence electrons. The molecule has 0 bridgehead atoms. The fourth-order valence-corrected chi connectivity index (χ4v) is 3.93.